The first-order chi connectivity index (χ1) is 9.30. The first-order valence-electron chi connectivity index (χ1n) is 7.07. The number of hydrogen-bond acceptors (Lipinski definition) is 2. The van der Waals surface area contributed by atoms with E-state index in [9.17, 15) is 0 Å². The smallest absolute Gasteiger partial charge is 0.400 e. The third-order valence-corrected chi connectivity index (χ3v) is 3.98. The summed E-state index contributed by atoms with van der Waals surface area (Å²) in [5, 5.41) is 0. The Morgan fingerprint density at radius 2 is 1.65 bits per heavy atom. The molecule has 0 N–H and O–H groups in total. The third-order valence-electron chi connectivity index (χ3n) is 3.98. The molecule has 20 heavy (non-hydrogen) atoms. The minimum Gasteiger partial charge on any atom is -0.400 e. The van der Waals surface area contributed by atoms with Gasteiger partial charge in [-0.2, -0.15) is 0 Å². The zero-order valence-electron chi connectivity index (χ0n) is 13.0. The average Bonchev–Trinajstić information content (AvgIpc) is 2.54. The van der Waals surface area contributed by atoms with E-state index in [0.29, 0.717) is 0 Å². The van der Waals surface area contributed by atoms with Crippen LogP contribution in [0.25, 0.3) is 6.08 Å². The topological polar surface area (TPSA) is 18.5 Å². The van der Waals surface area contributed by atoms with Gasteiger partial charge in [0, 0.05) is 0 Å². The zero-order valence-corrected chi connectivity index (χ0v) is 13.0. The van der Waals surface area contributed by atoms with Crippen molar-refractivity contribution < 1.29 is 9.31 Å². The molecule has 1 heterocycles. The molecule has 1 saturated heterocycles. The van der Waals surface area contributed by atoms with Crippen molar-refractivity contribution in [1.29, 1.82) is 0 Å². The molecule has 0 unspecified atom stereocenters. The van der Waals surface area contributed by atoms with Gasteiger partial charge in [0.25, 0.3) is 0 Å². The van der Waals surface area contributed by atoms with Crippen LogP contribution in [0.1, 0.15) is 38.8 Å². The fraction of sp³-hybridized carbons (Fsp3) is 0.412. The average molecular weight is 270 g/mol. The van der Waals surface area contributed by atoms with Crippen LogP contribution in [0.2, 0.25) is 0 Å². The number of allylic oxidation sites excluding steroid dienone is 2. The molecular formula is C17H23BO2. The lowest BCUT2D eigenvalue weighted by atomic mass is 9.90. The molecule has 2 rings (SSSR count). The fourth-order valence-electron chi connectivity index (χ4n) is 2.06. The van der Waals surface area contributed by atoms with Gasteiger partial charge >= 0.3 is 7.12 Å². The van der Waals surface area contributed by atoms with Crippen LogP contribution in [-0.2, 0) is 9.31 Å². The first-order valence-corrected chi connectivity index (χ1v) is 7.07. The summed E-state index contributed by atoms with van der Waals surface area (Å²) in [6.45, 7) is 10.3. The van der Waals surface area contributed by atoms with E-state index in [1.54, 1.807) is 0 Å². The largest absolute Gasteiger partial charge is 0.487 e. The van der Waals surface area contributed by atoms with Crippen LogP contribution < -0.4 is 0 Å². The molecule has 1 aromatic carbocycles. The Hall–Kier alpha value is -1.32. The van der Waals surface area contributed by atoms with Crippen LogP contribution in [0.3, 0.4) is 0 Å². The van der Waals surface area contributed by atoms with Crippen LogP contribution >= 0.6 is 0 Å². The Morgan fingerprint density at radius 1 is 1.00 bits per heavy atom. The van der Waals surface area contributed by atoms with Crippen LogP contribution in [0.4, 0.5) is 0 Å². The monoisotopic (exact) mass is 270 g/mol. The highest BCUT2D eigenvalue weighted by molar-refractivity contribution is 6.51. The Morgan fingerprint density at radius 3 is 2.25 bits per heavy atom. The van der Waals surface area contributed by atoms with Gasteiger partial charge in [0.1, 0.15) is 0 Å². The SMILES string of the molecule is Cc1cccc(/C=C/C=C/B2OC(C)(C)C(C)(C)O2)c1. The van der Waals surface area contributed by atoms with Gasteiger partial charge in [0.2, 0.25) is 0 Å². The molecule has 1 aliphatic heterocycles. The van der Waals surface area contributed by atoms with Gasteiger partial charge in [-0.15, -0.1) is 0 Å². The predicted molar refractivity (Wildman–Crippen MR) is 85.4 cm³/mol. The number of hydrogen-bond donors (Lipinski definition) is 0. The molecule has 0 spiro atoms. The van der Waals surface area contributed by atoms with Crippen LogP contribution in [0.15, 0.2) is 42.4 Å². The second-order valence-corrected chi connectivity index (χ2v) is 6.28. The molecule has 0 bridgehead atoms. The molecular weight excluding hydrogens is 247 g/mol. The Labute approximate surface area is 122 Å². The highest BCUT2D eigenvalue weighted by Crippen LogP contribution is 2.36. The maximum absolute atomic E-state index is 5.89. The summed E-state index contributed by atoms with van der Waals surface area (Å²) < 4.78 is 11.8. The van der Waals surface area contributed by atoms with Gasteiger partial charge in [-0.3, -0.25) is 0 Å². The maximum Gasteiger partial charge on any atom is 0.487 e. The lowest BCUT2D eigenvalue weighted by Gasteiger charge is -2.32. The fourth-order valence-corrected chi connectivity index (χ4v) is 2.06. The van der Waals surface area contributed by atoms with Gasteiger partial charge in [-0.1, -0.05) is 54.0 Å². The summed E-state index contributed by atoms with van der Waals surface area (Å²) in [6.07, 6.45) is 6.07. The molecule has 1 fully saturated rings. The van der Waals surface area contributed by atoms with Crippen molar-refractivity contribution in [3.05, 3.63) is 53.5 Å². The van der Waals surface area contributed by atoms with E-state index in [4.69, 9.17) is 9.31 Å². The second-order valence-electron chi connectivity index (χ2n) is 6.28. The number of rotatable bonds is 3. The number of benzene rings is 1. The second kappa shape index (κ2) is 5.59. The van der Waals surface area contributed by atoms with Crippen molar-refractivity contribution in [3.63, 3.8) is 0 Å². The van der Waals surface area contributed by atoms with Crippen molar-refractivity contribution in [2.24, 2.45) is 0 Å². The number of aryl methyl sites for hydroxylation is 1. The zero-order chi connectivity index (χ0) is 14.8. The van der Waals surface area contributed by atoms with E-state index in [0.717, 1.165) is 0 Å². The first kappa shape index (κ1) is 15.1. The molecule has 0 saturated carbocycles. The van der Waals surface area contributed by atoms with E-state index in [1.165, 1.54) is 11.1 Å². The minimum atomic E-state index is -0.276. The lowest BCUT2D eigenvalue weighted by molar-refractivity contribution is 0.00578. The van der Waals surface area contributed by atoms with E-state index in [-0.39, 0.29) is 18.3 Å². The standard InChI is InChI=1S/C17H23BO2/c1-14-9-8-11-15(13-14)10-6-7-12-18-19-16(2,3)17(4,5)20-18/h6-13H,1-5H3/b10-6+,12-7+. The third kappa shape index (κ3) is 3.41. The highest BCUT2D eigenvalue weighted by atomic mass is 16.7. The van der Waals surface area contributed by atoms with Crippen LogP contribution in [-0.4, -0.2) is 18.3 Å². The summed E-state index contributed by atoms with van der Waals surface area (Å²) in [5.41, 5.74) is 1.91. The van der Waals surface area contributed by atoms with Crippen molar-refractivity contribution in [2.45, 2.75) is 45.8 Å². The molecule has 1 aromatic rings. The summed E-state index contributed by atoms with van der Waals surface area (Å²) in [6, 6.07) is 8.40. The van der Waals surface area contributed by atoms with Crippen LogP contribution in [0, 0.1) is 6.92 Å². The van der Waals surface area contributed by atoms with E-state index < -0.39 is 0 Å². The molecule has 1 aliphatic rings. The molecule has 2 nitrogen and oxygen atoms in total. The molecule has 0 atom stereocenters. The van der Waals surface area contributed by atoms with Crippen molar-refractivity contribution in [3.8, 4) is 0 Å². The molecule has 0 aromatic heterocycles. The summed E-state index contributed by atoms with van der Waals surface area (Å²) in [7, 11) is -0.276. The predicted octanol–water partition coefficient (Wildman–Crippen LogP) is 4.20. The van der Waals surface area contributed by atoms with E-state index >= 15 is 0 Å². The molecule has 0 aliphatic carbocycles. The Kier molecular flexibility index (Phi) is 4.21. The van der Waals surface area contributed by atoms with Gasteiger partial charge < -0.3 is 9.31 Å². The summed E-state index contributed by atoms with van der Waals surface area (Å²) in [5.74, 6) is 1.95. The molecule has 106 valence electrons. The molecule has 0 amide bonds. The summed E-state index contributed by atoms with van der Waals surface area (Å²) >= 11 is 0. The van der Waals surface area contributed by atoms with Gasteiger partial charge in [-0.05, 0) is 40.2 Å². The minimum absolute atomic E-state index is 0.276. The Bertz CT molecular complexity index is 514. The van der Waals surface area contributed by atoms with Gasteiger partial charge in [0.15, 0.2) is 0 Å². The van der Waals surface area contributed by atoms with Gasteiger partial charge in [-0.25, -0.2) is 0 Å². The lowest BCUT2D eigenvalue weighted by Crippen LogP contribution is -2.41. The molecule has 0 radical (unpaired) electrons. The Balaban J connectivity index is 1.95. The maximum atomic E-state index is 5.89. The quantitative estimate of drug-likeness (QED) is 0.605. The van der Waals surface area contributed by atoms with E-state index in [2.05, 4.69) is 65.0 Å². The van der Waals surface area contributed by atoms with E-state index in [1.807, 2.05) is 18.1 Å². The van der Waals surface area contributed by atoms with Crippen molar-refractivity contribution in [2.75, 3.05) is 0 Å². The molecule has 3 heteroatoms. The summed E-state index contributed by atoms with van der Waals surface area (Å²) in [4.78, 5) is 0. The highest BCUT2D eigenvalue weighted by Gasteiger charge is 2.49. The normalized spacial score (nSPS) is 21.1. The van der Waals surface area contributed by atoms with Crippen LogP contribution in [0.5, 0.6) is 0 Å². The van der Waals surface area contributed by atoms with Gasteiger partial charge in [0.05, 0.1) is 11.2 Å². The van der Waals surface area contributed by atoms with Crippen molar-refractivity contribution in [1.82, 2.24) is 0 Å². The van der Waals surface area contributed by atoms with Crippen molar-refractivity contribution >= 4 is 13.2 Å².